The number of nitrogens with one attached hydrogen (secondary N) is 1. The second-order valence-electron chi connectivity index (χ2n) is 5.90. The van der Waals surface area contributed by atoms with Gasteiger partial charge in [-0.05, 0) is 51.5 Å². The summed E-state index contributed by atoms with van der Waals surface area (Å²) in [7, 11) is 0. The lowest BCUT2D eigenvalue weighted by Crippen LogP contribution is -2.46. The SMILES string of the molecule is CCCNC(C)(CO)CCCCOCCC(C)C. The topological polar surface area (TPSA) is 41.5 Å². The summed E-state index contributed by atoms with van der Waals surface area (Å²) >= 11 is 0. The number of ether oxygens (including phenoxy) is 1. The molecule has 0 amide bonds. The Morgan fingerprint density at radius 1 is 1.22 bits per heavy atom. The van der Waals surface area contributed by atoms with E-state index in [1.165, 1.54) is 0 Å². The number of aliphatic hydroxyl groups excluding tert-OH is 1. The van der Waals surface area contributed by atoms with Crippen molar-refractivity contribution in [1.29, 1.82) is 0 Å². The smallest absolute Gasteiger partial charge is 0.0610 e. The summed E-state index contributed by atoms with van der Waals surface area (Å²) in [4.78, 5) is 0. The summed E-state index contributed by atoms with van der Waals surface area (Å²) in [5, 5.41) is 12.8. The molecule has 3 heteroatoms. The van der Waals surface area contributed by atoms with E-state index in [2.05, 4.69) is 33.0 Å². The molecule has 1 atom stereocenters. The van der Waals surface area contributed by atoms with Gasteiger partial charge in [-0.15, -0.1) is 0 Å². The molecule has 0 radical (unpaired) electrons. The predicted octanol–water partition coefficient (Wildman–Crippen LogP) is 2.97. The van der Waals surface area contributed by atoms with Crippen molar-refractivity contribution in [3.8, 4) is 0 Å². The molecular formula is C15H33NO2. The predicted molar refractivity (Wildman–Crippen MR) is 77.9 cm³/mol. The van der Waals surface area contributed by atoms with E-state index >= 15 is 0 Å². The quantitative estimate of drug-likeness (QED) is 0.529. The van der Waals surface area contributed by atoms with E-state index in [1.54, 1.807) is 0 Å². The van der Waals surface area contributed by atoms with Crippen LogP contribution in [0, 0.1) is 5.92 Å². The zero-order chi connectivity index (χ0) is 13.9. The van der Waals surface area contributed by atoms with Crippen LogP contribution in [-0.2, 0) is 4.74 Å². The summed E-state index contributed by atoms with van der Waals surface area (Å²) in [5.74, 6) is 0.723. The maximum absolute atomic E-state index is 9.42. The Morgan fingerprint density at radius 2 is 1.94 bits per heavy atom. The standard InChI is InChI=1S/C15H33NO2/c1-5-10-16-15(4,13-17)9-6-7-11-18-12-8-14(2)3/h14,16-17H,5-13H2,1-4H3. The lowest BCUT2D eigenvalue weighted by molar-refractivity contribution is 0.113. The molecule has 0 aliphatic carbocycles. The van der Waals surface area contributed by atoms with Crippen molar-refractivity contribution in [2.45, 2.75) is 65.3 Å². The van der Waals surface area contributed by atoms with Gasteiger partial charge in [-0.1, -0.05) is 20.8 Å². The van der Waals surface area contributed by atoms with Gasteiger partial charge in [-0.2, -0.15) is 0 Å². The summed E-state index contributed by atoms with van der Waals surface area (Å²) in [5.41, 5.74) is -0.117. The molecule has 0 rings (SSSR count). The van der Waals surface area contributed by atoms with Crippen molar-refractivity contribution < 1.29 is 9.84 Å². The molecule has 2 N–H and O–H groups in total. The van der Waals surface area contributed by atoms with E-state index in [0.717, 1.165) is 57.8 Å². The Hall–Kier alpha value is -0.120. The number of unbranched alkanes of at least 4 members (excludes halogenated alkanes) is 1. The zero-order valence-electron chi connectivity index (χ0n) is 12.8. The maximum atomic E-state index is 9.42. The van der Waals surface area contributed by atoms with Crippen molar-refractivity contribution >= 4 is 0 Å². The molecule has 0 aromatic carbocycles. The van der Waals surface area contributed by atoms with Crippen LogP contribution in [0.15, 0.2) is 0 Å². The van der Waals surface area contributed by atoms with Gasteiger partial charge < -0.3 is 15.2 Å². The zero-order valence-corrected chi connectivity index (χ0v) is 12.8. The van der Waals surface area contributed by atoms with E-state index in [1.807, 2.05) is 0 Å². The second kappa shape index (κ2) is 10.8. The fraction of sp³-hybridized carbons (Fsp3) is 1.00. The van der Waals surface area contributed by atoms with E-state index in [-0.39, 0.29) is 12.1 Å². The third-order valence-electron chi connectivity index (χ3n) is 3.26. The first-order valence-electron chi connectivity index (χ1n) is 7.47. The van der Waals surface area contributed by atoms with Gasteiger partial charge in [0.15, 0.2) is 0 Å². The lowest BCUT2D eigenvalue weighted by atomic mass is 9.95. The fourth-order valence-electron chi connectivity index (χ4n) is 1.79. The molecule has 0 saturated carbocycles. The highest BCUT2D eigenvalue weighted by Gasteiger charge is 2.21. The van der Waals surface area contributed by atoms with Crippen molar-refractivity contribution in [3.05, 3.63) is 0 Å². The van der Waals surface area contributed by atoms with E-state index < -0.39 is 0 Å². The monoisotopic (exact) mass is 259 g/mol. The molecule has 0 aliphatic rings. The molecule has 0 saturated heterocycles. The van der Waals surface area contributed by atoms with Gasteiger partial charge in [0.1, 0.15) is 0 Å². The average Bonchev–Trinajstić information content (AvgIpc) is 2.35. The van der Waals surface area contributed by atoms with Gasteiger partial charge in [-0.25, -0.2) is 0 Å². The highest BCUT2D eigenvalue weighted by atomic mass is 16.5. The lowest BCUT2D eigenvalue weighted by Gasteiger charge is -2.28. The first kappa shape index (κ1) is 17.9. The van der Waals surface area contributed by atoms with Crippen LogP contribution in [0.25, 0.3) is 0 Å². The largest absolute Gasteiger partial charge is 0.394 e. The normalized spacial score (nSPS) is 15.0. The third-order valence-corrected chi connectivity index (χ3v) is 3.26. The minimum absolute atomic E-state index is 0.117. The van der Waals surface area contributed by atoms with Gasteiger partial charge in [0, 0.05) is 18.8 Å². The summed E-state index contributed by atoms with van der Waals surface area (Å²) in [6, 6.07) is 0. The van der Waals surface area contributed by atoms with Crippen LogP contribution < -0.4 is 5.32 Å². The van der Waals surface area contributed by atoms with Crippen molar-refractivity contribution in [1.82, 2.24) is 5.32 Å². The molecular weight excluding hydrogens is 226 g/mol. The Kier molecular flexibility index (Phi) is 10.7. The van der Waals surface area contributed by atoms with Crippen LogP contribution in [0.5, 0.6) is 0 Å². The Balaban J connectivity index is 3.50. The molecule has 3 nitrogen and oxygen atoms in total. The van der Waals surface area contributed by atoms with Gasteiger partial charge >= 0.3 is 0 Å². The molecule has 0 aromatic heterocycles. The molecule has 0 heterocycles. The van der Waals surface area contributed by atoms with Crippen LogP contribution >= 0.6 is 0 Å². The van der Waals surface area contributed by atoms with Gasteiger partial charge in [-0.3, -0.25) is 0 Å². The minimum Gasteiger partial charge on any atom is -0.394 e. The van der Waals surface area contributed by atoms with E-state index in [9.17, 15) is 5.11 Å². The molecule has 110 valence electrons. The van der Waals surface area contributed by atoms with Crippen molar-refractivity contribution in [3.63, 3.8) is 0 Å². The highest BCUT2D eigenvalue weighted by Crippen LogP contribution is 2.13. The molecule has 1 unspecified atom stereocenters. The summed E-state index contributed by atoms with van der Waals surface area (Å²) in [6.45, 7) is 11.6. The molecule has 0 fully saturated rings. The van der Waals surface area contributed by atoms with Crippen LogP contribution in [0.3, 0.4) is 0 Å². The third kappa shape index (κ3) is 9.86. The van der Waals surface area contributed by atoms with Crippen LogP contribution in [-0.4, -0.2) is 37.0 Å². The van der Waals surface area contributed by atoms with Crippen LogP contribution in [0.1, 0.15) is 59.8 Å². The van der Waals surface area contributed by atoms with Gasteiger partial charge in [0.25, 0.3) is 0 Å². The molecule has 0 aromatic rings. The van der Waals surface area contributed by atoms with E-state index in [0.29, 0.717) is 0 Å². The minimum atomic E-state index is -0.117. The Bertz CT molecular complexity index is 185. The second-order valence-corrected chi connectivity index (χ2v) is 5.90. The number of hydrogen-bond donors (Lipinski definition) is 2. The first-order chi connectivity index (χ1) is 8.54. The fourth-order valence-corrected chi connectivity index (χ4v) is 1.79. The number of aliphatic hydroxyl groups is 1. The molecule has 18 heavy (non-hydrogen) atoms. The maximum Gasteiger partial charge on any atom is 0.0610 e. The Labute approximate surface area is 113 Å². The van der Waals surface area contributed by atoms with Crippen molar-refractivity contribution in [2.24, 2.45) is 5.92 Å². The van der Waals surface area contributed by atoms with Crippen molar-refractivity contribution in [2.75, 3.05) is 26.4 Å². The Morgan fingerprint density at radius 3 is 2.50 bits per heavy atom. The highest BCUT2D eigenvalue weighted by molar-refractivity contribution is 4.81. The molecule has 0 aliphatic heterocycles. The number of rotatable bonds is 12. The molecule has 0 spiro atoms. The summed E-state index contributed by atoms with van der Waals surface area (Å²) < 4.78 is 5.59. The van der Waals surface area contributed by atoms with Crippen LogP contribution in [0.4, 0.5) is 0 Å². The molecule has 0 bridgehead atoms. The first-order valence-corrected chi connectivity index (χ1v) is 7.47. The summed E-state index contributed by atoms with van der Waals surface area (Å²) in [6.07, 6.45) is 5.45. The van der Waals surface area contributed by atoms with E-state index in [4.69, 9.17) is 4.74 Å². The number of hydrogen-bond acceptors (Lipinski definition) is 3. The van der Waals surface area contributed by atoms with Gasteiger partial charge in [0.2, 0.25) is 0 Å². The van der Waals surface area contributed by atoms with Gasteiger partial charge in [0.05, 0.1) is 6.61 Å². The average molecular weight is 259 g/mol. The van der Waals surface area contributed by atoms with Crippen LogP contribution in [0.2, 0.25) is 0 Å².